The van der Waals surface area contributed by atoms with Gasteiger partial charge in [0.15, 0.2) is 0 Å². The molecule has 1 aromatic heterocycles. The Labute approximate surface area is 137 Å². The Morgan fingerprint density at radius 2 is 2.09 bits per heavy atom. The van der Waals surface area contributed by atoms with Crippen molar-refractivity contribution in [2.24, 2.45) is 5.73 Å². The molecule has 6 nitrogen and oxygen atoms in total. The van der Waals surface area contributed by atoms with Crippen molar-refractivity contribution in [3.8, 4) is 11.3 Å². The molecule has 0 spiro atoms. The van der Waals surface area contributed by atoms with Gasteiger partial charge in [-0.15, -0.1) is 11.3 Å². The topological polar surface area (TPSA) is 94.3 Å². The van der Waals surface area contributed by atoms with Gasteiger partial charge in [0.1, 0.15) is 5.54 Å². The van der Waals surface area contributed by atoms with Gasteiger partial charge in [0.2, 0.25) is 5.91 Å². The predicted molar refractivity (Wildman–Crippen MR) is 87.1 cm³/mol. The molecule has 1 aliphatic rings. The van der Waals surface area contributed by atoms with Crippen molar-refractivity contribution in [2.75, 3.05) is 13.2 Å². The summed E-state index contributed by atoms with van der Waals surface area (Å²) in [6.07, 6.45) is 0.393. The lowest BCUT2D eigenvalue weighted by molar-refractivity contribution is -0.124. The minimum atomic E-state index is -1.11. The predicted octanol–water partition coefficient (Wildman–Crippen LogP) is 1.49. The molecule has 2 amide bonds. The highest BCUT2D eigenvalue weighted by Crippen LogP contribution is 2.23. The summed E-state index contributed by atoms with van der Waals surface area (Å²) in [4.78, 5) is 28.4. The Bertz CT molecular complexity index is 733. The van der Waals surface area contributed by atoms with Crippen LogP contribution in [0.2, 0.25) is 0 Å². The van der Waals surface area contributed by atoms with Gasteiger partial charge in [-0.25, -0.2) is 4.98 Å². The second kappa shape index (κ2) is 6.10. The van der Waals surface area contributed by atoms with Gasteiger partial charge in [-0.1, -0.05) is 12.1 Å². The number of carbonyl (C=O) groups excluding carboxylic acids is 2. The number of rotatable bonds is 4. The van der Waals surface area contributed by atoms with Crippen LogP contribution >= 0.6 is 11.3 Å². The van der Waals surface area contributed by atoms with E-state index in [1.54, 1.807) is 23.5 Å². The number of benzene rings is 1. The maximum absolute atomic E-state index is 12.4. The van der Waals surface area contributed by atoms with Crippen LogP contribution in [0, 0.1) is 6.92 Å². The van der Waals surface area contributed by atoms with E-state index in [0.717, 1.165) is 16.3 Å². The number of aromatic nitrogens is 1. The van der Waals surface area contributed by atoms with Crippen LogP contribution in [0.1, 0.15) is 21.8 Å². The summed E-state index contributed by atoms with van der Waals surface area (Å²) in [5.74, 6) is -0.909. The number of carbonyl (C=O) groups is 2. The van der Waals surface area contributed by atoms with Crippen LogP contribution in [0.25, 0.3) is 11.3 Å². The molecule has 3 rings (SSSR count). The molecule has 7 heteroatoms. The smallest absolute Gasteiger partial charge is 0.252 e. The fraction of sp³-hybridized carbons (Fsp3) is 0.312. The average Bonchev–Trinajstić information content (AvgIpc) is 3.17. The number of hydrogen-bond donors (Lipinski definition) is 2. The van der Waals surface area contributed by atoms with E-state index in [9.17, 15) is 9.59 Å². The van der Waals surface area contributed by atoms with Crippen LogP contribution < -0.4 is 11.1 Å². The highest BCUT2D eigenvalue weighted by Gasteiger charge is 2.42. The lowest BCUT2D eigenvalue weighted by atomic mass is 9.97. The molecule has 0 bridgehead atoms. The van der Waals surface area contributed by atoms with Crippen LogP contribution in [0.5, 0.6) is 0 Å². The largest absolute Gasteiger partial charge is 0.378 e. The van der Waals surface area contributed by atoms with E-state index in [4.69, 9.17) is 10.5 Å². The molecule has 2 aromatic rings. The summed E-state index contributed by atoms with van der Waals surface area (Å²) in [5.41, 5.74) is 6.61. The fourth-order valence-electron chi connectivity index (χ4n) is 2.50. The molecule has 1 fully saturated rings. The van der Waals surface area contributed by atoms with Crippen molar-refractivity contribution < 1.29 is 14.3 Å². The van der Waals surface area contributed by atoms with E-state index in [1.165, 1.54) is 0 Å². The van der Waals surface area contributed by atoms with E-state index >= 15 is 0 Å². The van der Waals surface area contributed by atoms with Crippen molar-refractivity contribution in [1.82, 2.24) is 10.3 Å². The van der Waals surface area contributed by atoms with Gasteiger partial charge >= 0.3 is 0 Å². The standard InChI is InChI=1S/C16H17N3O3S/c1-10-18-13(8-23-10)11-2-4-12(5-3-11)14(20)19-16(15(17)21)6-7-22-9-16/h2-5,8H,6-7,9H2,1H3,(H2,17,21)(H,19,20)/t16-/m1/s1. The van der Waals surface area contributed by atoms with Crippen LogP contribution in [-0.4, -0.2) is 35.6 Å². The Hall–Kier alpha value is -2.25. The lowest BCUT2D eigenvalue weighted by Crippen LogP contribution is -2.58. The van der Waals surface area contributed by atoms with Crippen LogP contribution in [0.4, 0.5) is 0 Å². The van der Waals surface area contributed by atoms with E-state index in [2.05, 4.69) is 10.3 Å². The van der Waals surface area contributed by atoms with Crippen molar-refractivity contribution >= 4 is 23.2 Å². The zero-order valence-electron chi connectivity index (χ0n) is 12.7. The molecule has 1 aliphatic heterocycles. The third-order valence-corrected chi connectivity index (χ3v) is 4.68. The minimum Gasteiger partial charge on any atom is -0.378 e. The summed E-state index contributed by atoms with van der Waals surface area (Å²) < 4.78 is 5.22. The number of aryl methyl sites for hydroxylation is 1. The highest BCUT2D eigenvalue weighted by molar-refractivity contribution is 7.09. The zero-order chi connectivity index (χ0) is 16.4. The van der Waals surface area contributed by atoms with Crippen LogP contribution in [-0.2, 0) is 9.53 Å². The summed E-state index contributed by atoms with van der Waals surface area (Å²) in [7, 11) is 0. The van der Waals surface area contributed by atoms with Crippen molar-refractivity contribution in [3.63, 3.8) is 0 Å². The van der Waals surface area contributed by atoms with Gasteiger partial charge in [-0.2, -0.15) is 0 Å². The summed E-state index contributed by atoms with van der Waals surface area (Å²) in [6.45, 7) is 2.47. The number of nitrogens with one attached hydrogen (secondary N) is 1. The quantitative estimate of drug-likeness (QED) is 0.887. The molecule has 0 unspecified atom stereocenters. The first-order valence-corrected chi connectivity index (χ1v) is 8.11. The number of nitrogens with two attached hydrogens (primary N) is 1. The molecule has 2 heterocycles. The number of amides is 2. The van der Waals surface area contributed by atoms with Gasteiger partial charge in [-0.3, -0.25) is 9.59 Å². The second-order valence-corrected chi connectivity index (χ2v) is 6.59. The van der Waals surface area contributed by atoms with E-state index in [0.29, 0.717) is 18.6 Å². The Balaban J connectivity index is 1.76. The maximum Gasteiger partial charge on any atom is 0.252 e. The highest BCUT2D eigenvalue weighted by atomic mass is 32.1. The van der Waals surface area contributed by atoms with Gasteiger partial charge < -0.3 is 15.8 Å². The van der Waals surface area contributed by atoms with Crippen LogP contribution in [0.3, 0.4) is 0 Å². The number of thiazole rings is 1. The molecule has 3 N–H and O–H groups in total. The van der Waals surface area contributed by atoms with E-state index < -0.39 is 11.4 Å². The molecule has 1 atom stereocenters. The normalized spacial score (nSPS) is 20.4. The Morgan fingerprint density at radius 1 is 1.35 bits per heavy atom. The lowest BCUT2D eigenvalue weighted by Gasteiger charge is -2.24. The Morgan fingerprint density at radius 3 is 2.61 bits per heavy atom. The van der Waals surface area contributed by atoms with Crippen LogP contribution in [0.15, 0.2) is 29.6 Å². The van der Waals surface area contributed by atoms with Gasteiger partial charge in [0.25, 0.3) is 5.91 Å². The van der Waals surface area contributed by atoms with Crippen molar-refractivity contribution in [1.29, 1.82) is 0 Å². The molecule has 0 saturated carbocycles. The summed E-state index contributed by atoms with van der Waals surface area (Å²) >= 11 is 1.58. The van der Waals surface area contributed by atoms with Crippen molar-refractivity contribution in [2.45, 2.75) is 18.9 Å². The second-order valence-electron chi connectivity index (χ2n) is 5.53. The van der Waals surface area contributed by atoms with Gasteiger partial charge in [0.05, 0.1) is 17.3 Å². The summed E-state index contributed by atoms with van der Waals surface area (Å²) in [5, 5.41) is 5.69. The molecular weight excluding hydrogens is 314 g/mol. The molecule has 0 radical (unpaired) electrons. The molecule has 0 aliphatic carbocycles. The SMILES string of the molecule is Cc1nc(-c2ccc(C(=O)N[C@]3(C(N)=O)CCOC3)cc2)cs1. The number of nitrogens with zero attached hydrogens (tertiary/aromatic N) is 1. The molecule has 120 valence electrons. The first-order chi connectivity index (χ1) is 11.0. The Kier molecular flexibility index (Phi) is 4.14. The molecule has 23 heavy (non-hydrogen) atoms. The monoisotopic (exact) mass is 331 g/mol. The minimum absolute atomic E-state index is 0.115. The average molecular weight is 331 g/mol. The van der Waals surface area contributed by atoms with Gasteiger partial charge in [0, 0.05) is 29.5 Å². The van der Waals surface area contributed by atoms with Crippen molar-refractivity contribution in [3.05, 3.63) is 40.2 Å². The summed E-state index contributed by atoms with van der Waals surface area (Å²) in [6, 6.07) is 7.10. The number of primary amides is 1. The third kappa shape index (κ3) is 3.11. The number of hydrogen-bond acceptors (Lipinski definition) is 5. The van der Waals surface area contributed by atoms with E-state index in [1.807, 2.05) is 24.4 Å². The molecule has 1 aromatic carbocycles. The fourth-order valence-corrected chi connectivity index (χ4v) is 3.12. The zero-order valence-corrected chi connectivity index (χ0v) is 13.5. The van der Waals surface area contributed by atoms with Gasteiger partial charge in [-0.05, 0) is 19.1 Å². The molecular formula is C16H17N3O3S. The first kappa shape index (κ1) is 15.6. The van der Waals surface area contributed by atoms with E-state index in [-0.39, 0.29) is 12.5 Å². The first-order valence-electron chi connectivity index (χ1n) is 7.23. The maximum atomic E-state index is 12.4. The molecule has 1 saturated heterocycles. The number of ether oxygens (including phenoxy) is 1. The third-order valence-electron chi connectivity index (χ3n) is 3.91.